The van der Waals surface area contributed by atoms with Crippen molar-refractivity contribution < 1.29 is 9.94 Å². The third kappa shape index (κ3) is 3.96. The molecule has 0 radical (unpaired) electrons. The third-order valence-corrected chi connectivity index (χ3v) is 4.07. The summed E-state index contributed by atoms with van der Waals surface area (Å²) in [5.74, 6) is 0.630. The van der Waals surface area contributed by atoms with E-state index in [2.05, 4.69) is 29.5 Å². The Morgan fingerprint density at radius 3 is 2.76 bits per heavy atom. The molecular weight excluding hydrogens is 286 g/mol. The van der Waals surface area contributed by atoms with E-state index in [4.69, 9.17) is 15.7 Å². The normalized spacial score (nSPS) is 11.6. The maximum absolute atomic E-state index is 8.82. The molecule has 0 spiro atoms. The van der Waals surface area contributed by atoms with Gasteiger partial charge in [-0.15, -0.1) is 11.3 Å². The first-order valence-electron chi connectivity index (χ1n) is 6.55. The Hall–Kier alpha value is -2.05. The van der Waals surface area contributed by atoms with Crippen LogP contribution in [-0.4, -0.2) is 18.2 Å². The molecule has 0 bridgehead atoms. The highest BCUT2D eigenvalue weighted by atomic mass is 32.1. The van der Waals surface area contributed by atoms with Crippen LogP contribution in [0.15, 0.2) is 35.5 Å². The van der Waals surface area contributed by atoms with Crippen LogP contribution in [0.4, 0.5) is 0 Å². The fraction of sp³-hybridized carbons (Fsp3) is 0.267. The molecule has 0 atom stereocenters. The summed E-state index contributed by atoms with van der Waals surface area (Å²) in [6.07, 6.45) is 0. The van der Waals surface area contributed by atoms with Gasteiger partial charge in [-0.05, 0) is 36.8 Å². The van der Waals surface area contributed by atoms with Gasteiger partial charge in [0.1, 0.15) is 5.75 Å². The van der Waals surface area contributed by atoms with Gasteiger partial charge in [-0.2, -0.15) is 0 Å². The number of hydrogen-bond donors (Lipinski definition) is 3. The predicted octanol–water partition coefficient (Wildman–Crippen LogP) is 2.45. The van der Waals surface area contributed by atoms with Crippen LogP contribution < -0.4 is 15.8 Å². The Bertz CT molecular complexity index is 638. The molecule has 112 valence electrons. The number of methoxy groups -OCH3 is 1. The van der Waals surface area contributed by atoms with Gasteiger partial charge in [0.2, 0.25) is 0 Å². The van der Waals surface area contributed by atoms with Crippen molar-refractivity contribution in [3.63, 3.8) is 0 Å². The quantitative estimate of drug-likeness (QED) is 0.331. The lowest BCUT2D eigenvalue weighted by Crippen LogP contribution is -2.16. The number of aryl methyl sites for hydroxylation is 1. The molecule has 0 unspecified atom stereocenters. The average molecular weight is 305 g/mol. The molecule has 0 saturated carbocycles. The third-order valence-electron chi connectivity index (χ3n) is 3.07. The fourth-order valence-corrected chi connectivity index (χ4v) is 2.89. The molecule has 2 aromatic rings. The zero-order chi connectivity index (χ0) is 15.2. The second-order valence-corrected chi connectivity index (χ2v) is 6.01. The summed E-state index contributed by atoms with van der Waals surface area (Å²) >= 11 is 1.79. The molecule has 0 fully saturated rings. The van der Waals surface area contributed by atoms with Crippen molar-refractivity contribution in [2.75, 3.05) is 7.11 Å². The highest BCUT2D eigenvalue weighted by Gasteiger charge is 2.09. The maximum atomic E-state index is 8.82. The van der Waals surface area contributed by atoms with E-state index in [9.17, 15) is 0 Å². The van der Waals surface area contributed by atoms with E-state index in [0.717, 1.165) is 12.1 Å². The van der Waals surface area contributed by atoms with Crippen LogP contribution in [0.5, 0.6) is 5.75 Å². The highest BCUT2D eigenvalue weighted by Crippen LogP contribution is 2.20. The van der Waals surface area contributed by atoms with Gasteiger partial charge in [-0.25, -0.2) is 0 Å². The zero-order valence-electron chi connectivity index (χ0n) is 12.1. The topological polar surface area (TPSA) is 79.9 Å². The summed E-state index contributed by atoms with van der Waals surface area (Å²) in [7, 11) is 1.56. The molecule has 1 aromatic heterocycles. The summed E-state index contributed by atoms with van der Waals surface area (Å²) in [6.45, 7) is 3.62. The number of amidine groups is 1. The molecule has 0 aliphatic carbocycles. The molecule has 1 heterocycles. The lowest BCUT2D eigenvalue weighted by atomic mass is 10.1. The molecule has 0 aliphatic rings. The molecule has 0 aliphatic heterocycles. The maximum Gasteiger partial charge on any atom is 0.173 e. The Morgan fingerprint density at radius 1 is 1.33 bits per heavy atom. The molecule has 4 N–H and O–H groups in total. The summed E-state index contributed by atoms with van der Waals surface area (Å²) in [4.78, 5) is 2.61. The first-order valence-corrected chi connectivity index (χ1v) is 7.36. The van der Waals surface area contributed by atoms with E-state index >= 15 is 0 Å². The second kappa shape index (κ2) is 7.10. The van der Waals surface area contributed by atoms with Crippen LogP contribution in [-0.2, 0) is 13.1 Å². The van der Waals surface area contributed by atoms with E-state index in [1.807, 2.05) is 18.2 Å². The molecule has 2 rings (SSSR count). The molecule has 1 aromatic carbocycles. The first-order chi connectivity index (χ1) is 10.1. The molecule has 5 nitrogen and oxygen atoms in total. The second-order valence-electron chi connectivity index (χ2n) is 4.64. The van der Waals surface area contributed by atoms with Crippen molar-refractivity contribution in [1.82, 2.24) is 5.32 Å². The summed E-state index contributed by atoms with van der Waals surface area (Å²) in [5, 5.41) is 15.2. The monoisotopic (exact) mass is 305 g/mol. The smallest absolute Gasteiger partial charge is 0.173 e. The summed E-state index contributed by atoms with van der Waals surface area (Å²) in [5.41, 5.74) is 7.30. The number of oxime groups is 1. The number of nitrogens with two attached hydrogens (primary N) is 1. The molecule has 0 saturated heterocycles. The SMILES string of the molecule is COc1ccc(CNCc2ccc(C)s2)cc1C(N)=NO. The fourth-order valence-electron chi connectivity index (χ4n) is 2.03. The predicted molar refractivity (Wildman–Crippen MR) is 85.1 cm³/mol. The molecule has 21 heavy (non-hydrogen) atoms. The molecule has 6 heteroatoms. The number of ether oxygens (including phenoxy) is 1. The van der Waals surface area contributed by atoms with E-state index in [1.54, 1.807) is 18.4 Å². The van der Waals surface area contributed by atoms with Gasteiger partial charge in [0, 0.05) is 22.8 Å². The number of thiophene rings is 1. The van der Waals surface area contributed by atoms with Crippen molar-refractivity contribution in [3.05, 3.63) is 51.2 Å². The van der Waals surface area contributed by atoms with Crippen LogP contribution in [0.3, 0.4) is 0 Å². The largest absolute Gasteiger partial charge is 0.496 e. The van der Waals surface area contributed by atoms with Gasteiger partial charge in [0.15, 0.2) is 5.84 Å². The van der Waals surface area contributed by atoms with Crippen molar-refractivity contribution >= 4 is 17.2 Å². The van der Waals surface area contributed by atoms with E-state index < -0.39 is 0 Å². The molecule has 0 amide bonds. The Kier molecular flexibility index (Phi) is 5.19. The number of hydrogen-bond acceptors (Lipinski definition) is 5. The van der Waals surface area contributed by atoms with Gasteiger partial charge in [0.05, 0.1) is 12.7 Å². The van der Waals surface area contributed by atoms with Gasteiger partial charge in [0.25, 0.3) is 0 Å². The number of nitrogens with one attached hydrogen (secondary N) is 1. The first kappa shape index (κ1) is 15.3. The average Bonchev–Trinajstić information content (AvgIpc) is 2.91. The number of benzene rings is 1. The standard InChI is InChI=1S/C15H19N3O2S/c1-10-3-5-12(21-10)9-17-8-11-4-6-14(20-2)13(7-11)15(16)18-19/h3-7,17,19H,8-9H2,1-2H3,(H2,16,18). The lowest BCUT2D eigenvalue weighted by molar-refractivity contribution is 0.318. The van der Waals surface area contributed by atoms with Crippen LogP contribution in [0.2, 0.25) is 0 Å². The Morgan fingerprint density at radius 2 is 2.14 bits per heavy atom. The minimum atomic E-state index is 0.0441. The Labute approximate surface area is 128 Å². The minimum absolute atomic E-state index is 0.0441. The minimum Gasteiger partial charge on any atom is -0.496 e. The van der Waals surface area contributed by atoms with Crippen LogP contribution >= 0.6 is 11.3 Å². The zero-order valence-corrected chi connectivity index (χ0v) is 12.9. The summed E-state index contributed by atoms with van der Waals surface area (Å²) < 4.78 is 5.21. The van der Waals surface area contributed by atoms with Crippen molar-refractivity contribution in [2.24, 2.45) is 10.9 Å². The highest BCUT2D eigenvalue weighted by molar-refractivity contribution is 7.11. The number of rotatable bonds is 6. The Balaban J connectivity index is 2.03. The number of nitrogens with zero attached hydrogens (tertiary/aromatic N) is 1. The van der Waals surface area contributed by atoms with E-state index in [1.165, 1.54) is 9.75 Å². The van der Waals surface area contributed by atoms with Crippen molar-refractivity contribution in [3.8, 4) is 5.75 Å². The van der Waals surface area contributed by atoms with Gasteiger partial charge >= 0.3 is 0 Å². The van der Waals surface area contributed by atoms with Crippen molar-refractivity contribution in [2.45, 2.75) is 20.0 Å². The summed E-state index contributed by atoms with van der Waals surface area (Å²) in [6, 6.07) is 9.88. The van der Waals surface area contributed by atoms with Gasteiger partial charge in [-0.3, -0.25) is 0 Å². The van der Waals surface area contributed by atoms with Gasteiger partial charge in [-0.1, -0.05) is 11.2 Å². The molecular formula is C15H19N3O2S. The van der Waals surface area contributed by atoms with E-state index in [0.29, 0.717) is 17.9 Å². The van der Waals surface area contributed by atoms with E-state index in [-0.39, 0.29) is 5.84 Å². The lowest BCUT2D eigenvalue weighted by Gasteiger charge is -2.10. The van der Waals surface area contributed by atoms with Crippen LogP contribution in [0.25, 0.3) is 0 Å². The van der Waals surface area contributed by atoms with Crippen LogP contribution in [0, 0.1) is 6.92 Å². The van der Waals surface area contributed by atoms with Crippen molar-refractivity contribution in [1.29, 1.82) is 0 Å². The van der Waals surface area contributed by atoms with Crippen LogP contribution in [0.1, 0.15) is 20.9 Å². The van der Waals surface area contributed by atoms with Gasteiger partial charge < -0.3 is 21.0 Å².